The summed E-state index contributed by atoms with van der Waals surface area (Å²) in [6, 6.07) is 13.0. The van der Waals surface area contributed by atoms with Gasteiger partial charge in [0.2, 0.25) is 0 Å². The van der Waals surface area contributed by atoms with E-state index in [0.29, 0.717) is 29.3 Å². The Morgan fingerprint density at radius 3 is 2.45 bits per heavy atom. The SMILES string of the molecule is C.COc1cc(NC(=O)C(=O)NC(C)(C)CN2CCN(Cc3ccccc3Cl)CC2)ccc1-c1cnco1. The van der Waals surface area contributed by atoms with Crippen LogP contribution in [-0.2, 0) is 16.1 Å². The van der Waals surface area contributed by atoms with Crippen molar-refractivity contribution in [3.63, 3.8) is 0 Å². The van der Waals surface area contributed by atoms with Gasteiger partial charge in [-0.1, -0.05) is 37.2 Å². The summed E-state index contributed by atoms with van der Waals surface area (Å²) >= 11 is 6.31. The van der Waals surface area contributed by atoms with Crippen molar-refractivity contribution in [2.45, 2.75) is 33.4 Å². The first-order chi connectivity index (χ1) is 17.7. The maximum Gasteiger partial charge on any atom is 0.313 e. The second-order valence-corrected chi connectivity index (χ2v) is 10.1. The van der Waals surface area contributed by atoms with Crippen LogP contribution in [0.5, 0.6) is 5.75 Å². The maximum absolute atomic E-state index is 12.7. The highest BCUT2D eigenvalue weighted by Crippen LogP contribution is 2.32. The van der Waals surface area contributed by atoms with Gasteiger partial charge in [-0.2, -0.15) is 0 Å². The van der Waals surface area contributed by atoms with E-state index in [4.69, 9.17) is 20.8 Å². The fourth-order valence-corrected chi connectivity index (χ4v) is 4.64. The molecule has 2 aromatic carbocycles. The Balaban J connectivity index is 0.00000400. The molecule has 0 saturated carbocycles. The van der Waals surface area contributed by atoms with Crippen LogP contribution in [0.25, 0.3) is 11.3 Å². The molecule has 2 amide bonds. The molecule has 1 aromatic heterocycles. The highest BCUT2D eigenvalue weighted by Gasteiger charge is 2.29. The number of hydrogen-bond acceptors (Lipinski definition) is 7. The number of amides is 2. The largest absolute Gasteiger partial charge is 0.496 e. The first kappa shape index (κ1) is 29.2. The van der Waals surface area contributed by atoms with Crippen LogP contribution in [-0.4, -0.2) is 72.0 Å². The predicted octanol–water partition coefficient (Wildman–Crippen LogP) is 4.29. The number of anilines is 1. The standard InChI is InChI=1S/C27H32ClN5O4.CH4/c1-27(2,17-33-12-10-32(11-13-33)16-19-6-4-5-7-22(19)28)31-26(35)25(34)30-20-8-9-21(23(14-20)36-3)24-15-29-18-37-24;/h4-9,14-15,18H,10-13,16-17H2,1-3H3,(H,30,34)(H,31,35);1H4. The number of halogens is 1. The van der Waals surface area contributed by atoms with Gasteiger partial charge in [0, 0.05) is 61.6 Å². The zero-order valence-electron chi connectivity index (χ0n) is 21.3. The first-order valence-electron chi connectivity index (χ1n) is 12.1. The van der Waals surface area contributed by atoms with Gasteiger partial charge in [-0.05, 0) is 37.6 Å². The minimum atomic E-state index is -0.743. The Kier molecular flexibility index (Phi) is 9.90. The Labute approximate surface area is 229 Å². The molecule has 1 saturated heterocycles. The molecule has 0 spiro atoms. The maximum atomic E-state index is 12.7. The second kappa shape index (κ2) is 12.9. The van der Waals surface area contributed by atoms with Crippen LogP contribution in [0, 0.1) is 0 Å². The third kappa shape index (κ3) is 7.56. The molecule has 0 atom stereocenters. The Morgan fingerprint density at radius 1 is 1.08 bits per heavy atom. The molecule has 3 aromatic rings. The lowest BCUT2D eigenvalue weighted by molar-refractivity contribution is -0.137. The van der Waals surface area contributed by atoms with Gasteiger partial charge >= 0.3 is 11.8 Å². The van der Waals surface area contributed by atoms with E-state index in [1.165, 1.54) is 13.5 Å². The fraction of sp³-hybridized carbons (Fsp3) is 0.393. The molecular formula is C28H36ClN5O4. The van der Waals surface area contributed by atoms with Crippen LogP contribution >= 0.6 is 11.6 Å². The third-order valence-electron chi connectivity index (χ3n) is 6.25. The highest BCUT2D eigenvalue weighted by molar-refractivity contribution is 6.39. The molecule has 9 nitrogen and oxygen atoms in total. The average molecular weight is 542 g/mol. The number of methoxy groups -OCH3 is 1. The van der Waals surface area contributed by atoms with Gasteiger partial charge in [0.15, 0.2) is 12.2 Å². The third-order valence-corrected chi connectivity index (χ3v) is 6.62. The van der Waals surface area contributed by atoms with Gasteiger partial charge in [0.25, 0.3) is 0 Å². The molecule has 0 bridgehead atoms. The lowest BCUT2D eigenvalue weighted by atomic mass is 10.0. The zero-order valence-corrected chi connectivity index (χ0v) is 22.0. The van der Waals surface area contributed by atoms with E-state index in [1.54, 1.807) is 24.4 Å². The molecule has 2 N–H and O–H groups in total. The van der Waals surface area contributed by atoms with Gasteiger partial charge in [0.05, 0.1) is 18.9 Å². The van der Waals surface area contributed by atoms with Gasteiger partial charge in [-0.3, -0.25) is 19.4 Å². The second-order valence-electron chi connectivity index (χ2n) is 9.72. The molecule has 10 heteroatoms. The molecule has 0 unspecified atom stereocenters. The molecule has 38 heavy (non-hydrogen) atoms. The molecule has 0 aliphatic carbocycles. The topological polar surface area (TPSA) is 99.9 Å². The van der Waals surface area contributed by atoms with Crippen molar-refractivity contribution in [1.82, 2.24) is 20.1 Å². The van der Waals surface area contributed by atoms with Crippen molar-refractivity contribution >= 4 is 29.1 Å². The summed E-state index contributed by atoms with van der Waals surface area (Å²) < 4.78 is 10.7. The Morgan fingerprint density at radius 2 is 1.79 bits per heavy atom. The van der Waals surface area contributed by atoms with Crippen LogP contribution in [0.3, 0.4) is 0 Å². The van der Waals surface area contributed by atoms with Crippen LogP contribution < -0.4 is 15.4 Å². The monoisotopic (exact) mass is 541 g/mol. The van der Waals surface area contributed by atoms with E-state index in [1.807, 2.05) is 32.0 Å². The number of piperazine rings is 1. The lowest BCUT2D eigenvalue weighted by Gasteiger charge is -2.39. The van der Waals surface area contributed by atoms with Gasteiger partial charge in [-0.15, -0.1) is 0 Å². The number of oxazole rings is 1. The smallest absolute Gasteiger partial charge is 0.313 e. The number of aromatic nitrogens is 1. The zero-order chi connectivity index (χ0) is 26.4. The van der Waals surface area contributed by atoms with Gasteiger partial charge in [-0.25, -0.2) is 4.98 Å². The van der Waals surface area contributed by atoms with Crippen molar-refractivity contribution < 1.29 is 18.7 Å². The summed E-state index contributed by atoms with van der Waals surface area (Å²) in [6.45, 7) is 8.83. The van der Waals surface area contributed by atoms with Crippen molar-refractivity contribution in [2.24, 2.45) is 0 Å². The molecule has 1 aliphatic rings. The molecule has 4 rings (SSSR count). The highest BCUT2D eigenvalue weighted by atomic mass is 35.5. The number of carbonyl (C=O) groups excluding carboxylic acids is 2. The molecule has 1 aliphatic heterocycles. The first-order valence-corrected chi connectivity index (χ1v) is 12.5. The summed E-state index contributed by atoms with van der Waals surface area (Å²) in [5.41, 5.74) is 1.66. The predicted molar refractivity (Wildman–Crippen MR) is 149 cm³/mol. The minimum Gasteiger partial charge on any atom is -0.496 e. The number of carbonyl (C=O) groups is 2. The fourth-order valence-electron chi connectivity index (χ4n) is 4.44. The molecule has 2 heterocycles. The molecule has 1 fully saturated rings. The molecular weight excluding hydrogens is 506 g/mol. The lowest BCUT2D eigenvalue weighted by Crippen LogP contribution is -2.57. The average Bonchev–Trinajstić information content (AvgIpc) is 3.41. The Bertz CT molecular complexity index is 1220. The van der Waals surface area contributed by atoms with Crippen LogP contribution in [0.2, 0.25) is 5.02 Å². The van der Waals surface area contributed by atoms with Crippen LogP contribution in [0.4, 0.5) is 5.69 Å². The van der Waals surface area contributed by atoms with Crippen LogP contribution in [0.1, 0.15) is 26.8 Å². The van der Waals surface area contributed by atoms with Crippen molar-refractivity contribution in [2.75, 3.05) is 45.2 Å². The minimum absolute atomic E-state index is 0. The molecule has 0 radical (unpaired) electrons. The van der Waals surface area contributed by atoms with Crippen LogP contribution in [0.15, 0.2) is 59.5 Å². The van der Waals surface area contributed by atoms with Gasteiger partial charge in [0.1, 0.15) is 5.75 Å². The number of hydrogen-bond donors (Lipinski definition) is 2. The summed E-state index contributed by atoms with van der Waals surface area (Å²) in [4.78, 5) is 33.9. The summed E-state index contributed by atoms with van der Waals surface area (Å²) in [5.74, 6) is -0.407. The van der Waals surface area contributed by atoms with Crippen molar-refractivity contribution in [1.29, 1.82) is 0 Å². The van der Waals surface area contributed by atoms with E-state index in [2.05, 4.69) is 31.5 Å². The number of nitrogens with zero attached hydrogens (tertiary/aromatic N) is 3. The van der Waals surface area contributed by atoms with E-state index in [9.17, 15) is 9.59 Å². The van der Waals surface area contributed by atoms with E-state index in [-0.39, 0.29) is 7.43 Å². The van der Waals surface area contributed by atoms with E-state index < -0.39 is 17.4 Å². The number of benzene rings is 2. The number of ether oxygens (including phenoxy) is 1. The van der Waals surface area contributed by atoms with Crippen molar-refractivity contribution in [3.8, 4) is 17.1 Å². The number of nitrogens with one attached hydrogen (secondary N) is 2. The summed E-state index contributed by atoms with van der Waals surface area (Å²) in [7, 11) is 1.52. The summed E-state index contributed by atoms with van der Waals surface area (Å²) in [5, 5.41) is 6.29. The quantitative estimate of drug-likeness (QED) is 0.410. The van der Waals surface area contributed by atoms with E-state index in [0.717, 1.165) is 43.3 Å². The summed E-state index contributed by atoms with van der Waals surface area (Å²) in [6.07, 6.45) is 2.90. The Hall–Kier alpha value is -3.40. The van der Waals surface area contributed by atoms with Gasteiger partial charge < -0.3 is 19.8 Å². The molecule has 204 valence electrons. The normalized spacial score (nSPS) is 14.4. The van der Waals surface area contributed by atoms with Crippen molar-refractivity contribution in [3.05, 3.63) is 65.6 Å². The van der Waals surface area contributed by atoms with E-state index >= 15 is 0 Å². The number of rotatable bonds is 8.